The van der Waals surface area contributed by atoms with Crippen LogP contribution < -0.4 is 10.1 Å². The van der Waals surface area contributed by atoms with E-state index in [9.17, 15) is 5.11 Å². The van der Waals surface area contributed by atoms with Crippen molar-refractivity contribution in [2.75, 3.05) is 19.8 Å². The van der Waals surface area contributed by atoms with Gasteiger partial charge in [-0.3, -0.25) is 0 Å². The Morgan fingerprint density at radius 1 is 1.47 bits per heavy atom. The van der Waals surface area contributed by atoms with Gasteiger partial charge in [-0.25, -0.2) is 0 Å². The van der Waals surface area contributed by atoms with Gasteiger partial charge < -0.3 is 19.9 Å². The summed E-state index contributed by atoms with van der Waals surface area (Å²) in [5.41, 5.74) is 0.792. The van der Waals surface area contributed by atoms with Crippen LogP contribution >= 0.6 is 0 Å². The van der Waals surface area contributed by atoms with Gasteiger partial charge >= 0.3 is 0 Å². The van der Waals surface area contributed by atoms with Gasteiger partial charge in [-0.05, 0) is 32.8 Å². The zero-order chi connectivity index (χ0) is 13.7. The molecule has 1 aliphatic heterocycles. The van der Waals surface area contributed by atoms with Crippen LogP contribution in [0.25, 0.3) is 0 Å². The molecule has 1 aromatic rings. The van der Waals surface area contributed by atoms with Crippen LogP contribution in [0.5, 0.6) is 11.5 Å². The predicted molar refractivity (Wildman–Crippen MR) is 74.6 cm³/mol. The fraction of sp³-hybridized carbons (Fsp3) is 0.600. The summed E-state index contributed by atoms with van der Waals surface area (Å²) in [6.45, 7) is 6.85. The van der Waals surface area contributed by atoms with Crippen LogP contribution in [0.2, 0.25) is 0 Å². The lowest BCUT2D eigenvalue weighted by atomic mass is 10.0. The van der Waals surface area contributed by atoms with Gasteiger partial charge in [0.1, 0.15) is 0 Å². The molecule has 1 aromatic carbocycles. The van der Waals surface area contributed by atoms with Crippen molar-refractivity contribution in [3.8, 4) is 11.5 Å². The minimum atomic E-state index is -0.0624. The Bertz CT molecular complexity index is 414. The van der Waals surface area contributed by atoms with Gasteiger partial charge in [-0.15, -0.1) is 0 Å². The summed E-state index contributed by atoms with van der Waals surface area (Å²) in [5.74, 6) is 0.777. The number of benzene rings is 1. The normalized spacial score (nSPS) is 22.6. The number of ether oxygens (including phenoxy) is 2. The lowest BCUT2D eigenvalue weighted by Crippen LogP contribution is -2.36. The summed E-state index contributed by atoms with van der Waals surface area (Å²) in [4.78, 5) is 0. The lowest BCUT2D eigenvalue weighted by molar-refractivity contribution is 0.0206. The second kappa shape index (κ2) is 6.26. The van der Waals surface area contributed by atoms with E-state index in [0.29, 0.717) is 18.9 Å². The third-order valence-corrected chi connectivity index (χ3v) is 3.50. The van der Waals surface area contributed by atoms with E-state index in [1.54, 1.807) is 6.07 Å². The number of rotatable bonds is 6. The molecule has 1 saturated heterocycles. The van der Waals surface area contributed by atoms with E-state index in [-0.39, 0.29) is 11.4 Å². The fourth-order valence-electron chi connectivity index (χ4n) is 2.42. The number of para-hydroxylation sites is 1. The Morgan fingerprint density at radius 2 is 2.32 bits per heavy atom. The summed E-state index contributed by atoms with van der Waals surface area (Å²) < 4.78 is 11.1. The zero-order valence-electron chi connectivity index (χ0n) is 11.7. The van der Waals surface area contributed by atoms with Crippen LogP contribution in [-0.4, -0.2) is 30.5 Å². The zero-order valence-corrected chi connectivity index (χ0v) is 11.7. The van der Waals surface area contributed by atoms with E-state index in [2.05, 4.69) is 12.2 Å². The molecule has 2 N–H and O–H groups in total. The summed E-state index contributed by atoms with van der Waals surface area (Å²) in [5, 5.41) is 13.4. The molecular weight excluding hydrogens is 242 g/mol. The van der Waals surface area contributed by atoms with Crippen molar-refractivity contribution in [2.45, 2.75) is 38.8 Å². The van der Waals surface area contributed by atoms with Crippen LogP contribution in [0.4, 0.5) is 0 Å². The monoisotopic (exact) mass is 265 g/mol. The molecule has 106 valence electrons. The second-order valence-electron chi connectivity index (χ2n) is 5.20. The number of phenolic OH excluding ortho intramolecular Hbond substituents is 1. The largest absolute Gasteiger partial charge is 0.504 e. The first-order valence-electron chi connectivity index (χ1n) is 6.93. The number of nitrogens with one attached hydrogen (secondary N) is 1. The fourth-order valence-corrected chi connectivity index (χ4v) is 2.42. The molecule has 2 rings (SSSR count). The van der Waals surface area contributed by atoms with Crippen molar-refractivity contribution in [3.63, 3.8) is 0 Å². The van der Waals surface area contributed by atoms with Crippen molar-refractivity contribution in [1.29, 1.82) is 0 Å². The van der Waals surface area contributed by atoms with Crippen molar-refractivity contribution < 1.29 is 14.6 Å². The molecule has 4 nitrogen and oxygen atoms in total. The molecule has 0 aliphatic carbocycles. The van der Waals surface area contributed by atoms with Crippen molar-refractivity contribution in [1.82, 2.24) is 5.32 Å². The van der Waals surface area contributed by atoms with Gasteiger partial charge in [0.05, 0.1) is 12.2 Å². The summed E-state index contributed by atoms with van der Waals surface area (Å²) in [6, 6.07) is 5.59. The Kier molecular flexibility index (Phi) is 4.66. The Labute approximate surface area is 114 Å². The maximum atomic E-state index is 10.1. The summed E-state index contributed by atoms with van der Waals surface area (Å²) in [7, 11) is 0. The SMILES string of the molecule is CCOc1cccc(CNCC2(C)CCCO2)c1O. The Morgan fingerprint density at radius 3 is 3.00 bits per heavy atom. The van der Waals surface area contributed by atoms with Gasteiger partial charge in [0.25, 0.3) is 0 Å². The van der Waals surface area contributed by atoms with Crippen LogP contribution in [0.3, 0.4) is 0 Å². The minimum Gasteiger partial charge on any atom is -0.504 e. The van der Waals surface area contributed by atoms with E-state index >= 15 is 0 Å². The van der Waals surface area contributed by atoms with Gasteiger partial charge in [0, 0.05) is 25.3 Å². The molecular formula is C15H23NO3. The Hall–Kier alpha value is -1.26. The van der Waals surface area contributed by atoms with E-state index < -0.39 is 0 Å². The highest BCUT2D eigenvalue weighted by Crippen LogP contribution is 2.30. The number of hydrogen-bond donors (Lipinski definition) is 2. The lowest BCUT2D eigenvalue weighted by Gasteiger charge is -2.23. The minimum absolute atomic E-state index is 0.0624. The Balaban J connectivity index is 1.90. The predicted octanol–water partition coefficient (Wildman–Crippen LogP) is 2.45. The average Bonchev–Trinajstić information content (AvgIpc) is 2.81. The molecule has 1 heterocycles. The van der Waals surface area contributed by atoms with Crippen LogP contribution in [0, 0.1) is 0 Å². The number of aromatic hydroxyl groups is 1. The van der Waals surface area contributed by atoms with Crippen LogP contribution in [-0.2, 0) is 11.3 Å². The molecule has 1 aliphatic rings. The van der Waals surface area contributed by atoms with E-state index in [0.717, 1.165) is 31.6 Å². The topological polar surface area (TPSA) is 50.7 Å². The highest BCUT2D eigenvalue weighted by molar-refractivity contribution is 5.45. The van der Waals surface area contributed by atoms with Crippen LogP contribution in [0.1, 0.15) is 32.3 Å². The molecule has 0 amide bonds. The number of phenols is 1. The highest BCUT2D eigenvalue weighted by Gasteiger charge is 2.29. The summed E-state index contributed by atoms with van der Waals surface area (Å²) in [6.07, 6.45) is 2.22. The highest BCUT2D eigenvalue weighted by atomic mass is 16.5. The molecule has 1 atom stereocenters. The van der Waals surface area contributed by atoms with Gasteiger partial charge in [-0.1, -0.05) is 12.1 Å². The van der Waals surface area contributed by atoms with Gasteiger partial charge in [0.15, 0.2) is 11.5 Å². The molecule has 1 unspecified atom stereocenters. The van der Waals surface area contributed by atoms with Crippen molar-refractivity contribution in [2.24, 2.45) is 0 Å². The first kappa shape index (κ1) is 14.2. The maximum absolute atomic E-state index is 10.1. The van der Waals surface area contributed by atoms with E-state index in [1.807, 2.05) is 19.1 Å². The first-order valence-corrected chi connectivity index (χ1v) is 6.93. The van der Waals surface area contributed by atoms with Crippen molar-refractivity contribution >= 4 is 0 Å². The molecule has 0 saturated carbocycles. The third kappa shape index (κ3) is 3.61. The maximum Gasteiger partial charge on any atom is 0.162 e. The molecule has 0 spiro atoms. The molecule has 0 radical (unpaired) electrons. The third-order valence-electron chi connectivity index (χ3n) is 3.50. The van der Waals surface area contributed by atoms with E-state index in [1.165, 1.54) is 0 Å². The molecule has 1 fully saturated rings. The standard InChI is InChI=1S/C15H23NO3/c1-3-18-13-7-4-6-12(14(13)17)10-16-11-15(2)8-5-9-19-15/h4,6-7,16-17H,3,5,8-11H2,1-2H3. The second-order valence-corrected chi connectivity index (χ2v) is 5.20. The molecule has 0 bridgehead atoms. The molecule has 4 heteroatoms. The van der Waals surface area contributed by atoms with Gasteiger partial charge in [0.2, 0.25) is 0 Å². The average molecular weight is 265 g/mol. The molecule has 19 heavy (non-hydrogen) atoms. The quantitative estimate of drug-likeness (QED) is 0.829. The smallest absolute Gasteiger partial charge is 0.162 e. The summed E-state index contributed by atoms with van der Waals surface area (Å²) >= 11 is 0. The van der Waals surface area contributed by atoms with E-state index in [4.69, 9.17) is 9.47 Å². The van der Waals surface area contributed by atoms with Gasteiger partial charge in [-0.2, -0.15) is 0 Å². The van der Waals surface area contributed by atoms with Crippen LogP contribution in [0.15, 0.2) is 18.2 Å². The van der Waals surface area contributed by atoms with Crippen molar-refractivity contribution in [3.05, 3.63) is 23.8 Å². The number of hydrogen-bond acceptors (Lipinski definition) is 4. The first-order chi connectivity index (χ1) is 9.14. The molecule has 0 aromatic heterocycles.